The molecule has 2 N–H and O–H groups in total. The topological polar surface area (TPSA) is 105 Å². The van der Waals surface area contributed by atoms with Crippen LogP contribution < -0.4 is 5.32 Å². The number of rotatable bonds is 7. The molecule has 3 saturated heterocycles. The predicted octanol–water partition coefficient (Wildman–Crippen LogP) is 2.23. The van der Waals surface area contributed by atoms with Crippen LogP contribution in [0.4, 0.5) is 5.69 Å². The molecule has 3 fully saturated rings. The molecular formula is C23H29ClN2O6. The zero-order valence-corrected chi connectivity index (χ0v) is 19.2. The van der Waals surface area contributed by atoms with E-state index in [4.69, 9.17) is 21.1 Å². The van der Waals surface area contributed by atoms with E-state index in [1.165, 1.54) is 4.90 Å². The summed E-state index contributed by atoms with van der Waals surface area (Å²) in [5.74, 6) is -2.89. The smallest absolute Gasteiger partial charge is 0.312 e. The van der Waals surface area contributed by atoms with Crippen LogP contribution in [-0.2, 0) is 23.9 Å². The summed E-state index contributed by atoms with van der Waals surface area (Å²) < 4.78 is 11.6. The fourth-order valence-corrected chi connectivity index (χ4v) is 5.74. The first kappa shape index (κ1) is 23.0. The summed E-state index contributed by atoms with van der Waals surface area (Å²) in [5, 5.41) is 13.5. The number of hydrogen-bond acceptors (Lipinski definition) is 6. The van der Waals surface area contributed by atoms with Gasteiger partial charge >= 0.3 is 5.97 Å². The molecule has 174 valence electrons. The molecule has 0 aromatic heterocycles. The lowest BCUT2D eigenvalue weighted by Crippen LogP contribution is -2.57. The molecule has 1 aromatic rings. The highest BCUT2D eigenvalue weighted by Crippen LogP contribution is 2.59. The number of aliphatic hydroxyl groups excluding tert-OH is 1. The molecule has 0 saturated carbocycles. The third-order valence-corrected chi connectivity index (χ3v) is 7.22. The summed E-state index contributed by atoms with van der Waals surface area (Å²) in [6.07, 6.45) is 0.592. The van der Waals surface area contributed by atoms with E-state index in [1.54, 1.807) is 31.2 Å². The van der Waals surface area contributed by atoms with Gasteiger partial charge in [0, 0.05) is 10.7 Å². The highest BCUT2D eigenvalue weighted by atomic mass is 35.5. The van der Waals surface area contributed by atoms with Crippen molar-refractivity contribution in [3.05, 3.63) is 29.3 Å². The predicted molar refractivity (Wildman–Crippen MR) is 117 cm³/mol. The summed E-state index contributed by atoms with van der Waals surface area (Å²) in [7, 11) is 0. The van der Waals surface area contributed by atoms with Crippen LogP contribution in [-0.4, -0.2) is 64.8 Å². The summed E-state index contributed by atoms with van der Waals surface area (Å²) >= 11 is 5.95. The number of carbonyl (C=O) groups is 3. The van der Waals surface area contributed by atoms with Crippen molar-refractivity contribution in [2.45, 2.75) is 57.4 Å². The SMILES string of the molecule is CCOC(=O)[C@@H]1[C@H]2C(=O)N([C@@H](CO)C(C)C)[C@H](C(=O)Nc3ccc(Cl)cc3)[C@]23CC[C@H]1O3. The van der Waals surface area contributed by atoms with E-state index in [0.29, 0.717) is 23.6 Å². The van der Waals surface area contributed by atoms with Gasteiger partial charge in [-0.2, -0.15) is 0 Å². The Bertz CT molecular complexity index is 906. The molecule has 32 heavy (non-hydrogen) atoms. The first-order valence-corrected chi connectivity index (χ1v) is 11.5. The quantitative estimate of drug-likeness (QED) is 0.599. The molecule has 3 heterocycles. The van der Waals surface area contributed by atoms with Crippen molar-refractivity contribution in [2.75, 3.05) is 18.5 Å². The van der Waals surface area contributed by atoms with Gasteiger partial charge in [0.1, 0.15) is 11.6 Å². The molecule has 3 aliphatic heterocycles. The van der Waals surface area contributed by atoms with E-state index in [0.717, 1.165) is 0 Å². The van der Waals surface area contributed by atoms with E-state index in [2.05, 4.69) is 5.32 Å². The average Bonchev–Trinajstić information content (AvgIpc) is 3.38. The number of anilines is 1. The van der Waals surface area contributed by atoms with Crippen LogP contribution in [0.1, 0.15) is 33.6 Å². The number of nitrogens with zero attached hydrogens (tertiary/aromatic N) is 1. The second kappa shape index (κ2) is 8.65. The number of likely N-dealkylation sites (tertiary alicyclic amines) is 1. The third-order valence-electron chi connectivity index (χ3n) is 6.97. The normalized spacial score (nSPS) is 31.7. The molecule has 1 spiro atoms. The minimum Gasteiger partial charge on any atom is -0.466 e. The molecule has 4 rings (SSSR count). The Labute approximate surface area is 192 Å². The Balaban J connectivity index is 1.74. The molecule has 6 atom stereocenters. The maximum absolute atomic E-state index is 13.7. The standard InChI is InChI=1S/C23H29ClN2O6/c1-4-31-22(30)17-16-9-10-23(32-16)18(17)21(29)26(15(11-27)12(2)3)19(23)20(28)25-14-7-5-13(24)6-8-14/h5-8,12,15-19,27H,4,9-11H2,1-3H3,(H,25,28)/t15-,16+,17-,18-,19+,23-/m0/s1. The molecule has 1 aromatic carbocycles. The van der Waals surface area contributed by atoms with Gasteiger partial charge in [-0.3, -0.25) is 14.4 Å². The highest BCUT2D eigenvalue weighted by molar-refractivity contribution is 6.30. The Morgan fingerprint density at radius 3 is 2.62 bits per heavy atom. The van der Waals surface area contributed by atoms with E-state index in [9.17, 15) is 19.5 Å². The Hall–Kier alpha value is -2.16. The highest BCUT2D eigenvalue weighted by Gasteiger charge is 2.75. The molecule has 2 bridgehead atoms. The second-order valence-corrected chi connectivity index (χ2v) is 9.48. The fraction of sp³-hybridized carbons (Fsp3) is 0.609. The van der Waals surface area contributed by atoms with Crippen molar-refractivity contribution in [3.63, 3.8) is 0 Å². The maximum Gasteiger partial charge on any atom is 0.312 e. The first-order valence-electron chi connectivity index (χ1n) is 11.1. The number of hydrogen-bond donors (Lipinski definition) is 2. The zero-order chi connectivity index (χ0) is 23.2. The van der Waals surface area contributed by atoms with Gasteiger partial charge in [-0.15, -0.1) is 0 Å². The van der Waals surface area contributed by atoms with Gasteiger partial charge in [-0.25, -0.2) is 0 Å². The van der Waals surface area contributed by atoms with Gasteiger partial charge in [-0.05, 0) is 49.9 Å². The monoisotopic (exact) mass is 464 g/mol. The summed E-state index contributed by atoms with van der Waals surface area (Å²) in [5.41, 5.74) is -0.593. The van der Waals surface area contributed by atoms with Gasteiger partial charge in [0.15, 0.2) is 0 Å². The van der Waals surface area contributed by atoms with E-state index >= 15 is 0 Å². The molecule has 3 aliphatic rings. The number of amides is 2. The van der Waals surface area contributed by atoms with Crippen molar-refractivity contribution in [2.24, 2.45) is 17.8 Å². The number of ether oxygens (including phenoxy) is 2. The molecule has 8 nitrogen and oxygen atoms in total. The van der Waals surface area contributed by atoms with Gasteiger partial charge in [0.25, 0.3) is 0 Å². The second-order valence-electron chi connectivity index (χ2n) is 9.04. The number of fused-ring (bicyclic) bond motifs is 1. The van der Waals surface area contributed by atoms with Crippen molar-refractivity contribution in [3.8, 4) is 0 Å². The van der Waals surface area contributed by atoms with Crippen LogP contribution in [0.15, 0.2) is 24.3 Å². The summed E-state index contributed by atoms with van der Waals surface area (Å²) in [4.78, 5) is 41.6. The number of carbonyl (C=O) groups excluding carboxylic acids is 3. The lowest BCUT2D eigenvalue weighted by Gasteiger charge is -2.38. The number of esters is 1. The molecule has 9 heteroatoms. The summed E-state index contributed by atoms with van der Waals surface area (Å²) in [6, 6.07) is 5.12. The van der Waals surface area contributed by atoms with Gasteiger partial charge in [-0.1, -0.05) is 25.4 Å². The lowest BCUT2D eigenvalue weighted by molar-refractivity contribution is -0.155. The van der Waals surface area contributed by atoms with Crippen LogP contribution in [0, 0.1) is 17.8 Å². The van der Waals surface area contributed by atoms with Gasteiger partial charge in [0.2, 0.25) is 11.8 Å². The van der Waals surface area contributed by atoms with Crippen LogP contribution in [0.2, 0.25) is 5.02 Å². The summed E-state index contributed by atoms with van der Waals surface area (Å²) in [6.45, 7) is 5.38. The Morgan fingerprint density at radius 2 is 2.03 bits per heavy atom. The Kier molecular flexibility index (Phi) is 6.22. The fourth-order valence-electron chi connectivity index (χ4n) is 5.62. The molecule has 0 unspecified atom stereocenters. The van der Waals surface area contributed by atoms with Crippen LogP contribution in [0.25, 0.3) is 0 Å². The molecular weight excluding hydrogens is 436 g/mol. The van der Waals surface area contributed by atoms with Crippen molar-refractivity contribution < 1.29 is 29.0 Å². The number of benzene rings is 1. The third kappa shape index (κ3) is 3.49. The first-order chi connectivity index (χ1) is 15.2. The number of nitrogens with one attached hydrogen (secondary N) is 1. The minimum atomic E-state index is -1.13. The molecule has 2 amide bonds. The number of halogens is 1. The van der Waals surface area contributed by atoms with Crippen molar-refractivity contribution in [1.82, 2.24) is 4.90 Å². The lowest BCUT2D eigenvalue weighted by atomic mass is 9.70. The zero-order valence-electron chi connectivity index (χ0n) is 18.4. The van der Waals surface area contributed by atoms with Crippen LogP contribution >= 0.6 is 11.6 Å². The van der Waals surface area contributed by atoms with E-state index in [-0.39, 0.29) is 25.0 Å². The van der Waals surface area contributed by atoms with E-state index in [1.807, 2.05) is 13.8 Å². The average molecular weight is 465 g/mol. The maximum atomic E-state index is 13.7. The number of aliphatic hydroxyl groups is 1. The molecule has 0 aliphatic carbocycles. The largest absolute Gasteiger partial charge is 0.466 e. The van der Waals surface area contributed by atoms with Gasteiger partial charge in [0.05, 0.1) is 37.2 Å². The van der Waals surface area contributed by atoms with E-state index < -0.39 is 47.5 Å². The minimum absolute atomic E-state index is 0.108. The molecule has 0 radical (unpaired) electrons. The Morgan fingerprint density at radius 1 is 1.34 bits per heavy atom. The van der Waals surface area contributed by atoms with Crippen LogP contribution in [0.3, 0.4) is 0 Å². The van der Waals surface area contributed by atoms with Crippen molar-refractivity contribution >= 4 is 35.1 Å². The van der Waals surface area contributed by atoms with Crippen LogP contribution in [0.5, 0.6) is 0 Å². The van der Waals surface area contributed by atoms with Gasteiger partial charge < -0.3 is 24.8 Å². The van der Waals surface area contributed by atoms with Crippen molar-refractivity contribution in [1.29, 1.82) is 0 Å².